The van der Waals surface area contributed by atoms with Gasteiger partial charge in [0.05, 0.1) is 19.8 Å². The lowest BCUT2D eigenvalue weighted by molar-refractivity contribution is -0.151. The minimum Gasteiger partial charge on any atom is -0.479 e. The van der Waals surface area contributed by atoms with Crippen LogP contribution in [0.4, 0.5) is 0 Å². The molecule has 2 N–H and O–H groups in total. The molecule has 0 bridgehead atoms. The van der Waals surface area contributed by atoms with Crippen molar-refractivity contribution in [3.63, 3.8) is 0 Å². The molecule has 2 heterocycles. The molecule has 2 amide bonds. The molecule has 0 aliphatic carbocycles. The summed E-state index contributed by atoms with van der Waals surface area (Å²) in [7, 11) is 0. The van der Waals surface area contributed by atoms with Crippen LogP contribution in [0.3, 0.4) is 0 Å². The lowest BCUT2D eigenvalue weighted by Crippen LogP contribution is -2.49. The number of rotatable bonds is 5. The third-order valence-electron chi connectivity index (χ3n) is 4.33. The Hall–Kier alpha value is -2.45. The summed E-state index contributed by atoms with van der Waals surface area (Å²) < 4.78 is 10.5. The molecule has 0 saturated carbocycles. The Morgan fingerprint density at radius 3 is 2.64 bits per heavy atom. The van der Waals surface area contributed by atoms with Crippen LogP contribution in [0, 0.1) is 0 Å². The van der Waals surface area contributed by atoms with E-state index in [1.807, 2.05) is 0 Å². The van der Waals surface area contributed by atoms with Gasteiger partial charge >= 0.3 is 5.97 Å². The highest BCUT2D eigenvalue weighted by atomic mass is 16.6. The highest BCUT2D eigenvalue weighted by molar-refractivity contribution is 5.93. The Bertz CT molecular complexity index is 644. The number of benzene rings is 1. The number of carboxylic acid groups (broad SMARTS) is 1. The normalized spacial score (nSPS) is 24.8. The number of amides is 2. The Labute approximate surface area is 144 Å². The van der Waals surface area contributed by atoms with E-state index >= 15 is 0 Å². The van der Waals surface area contributed by atoms with Gasteiger partial charge in [-0.3, -0.25) is 9.59 Å². The zero-order valence-corrected chi connectivity index (χ0v) is 13.6. The van der Waals surface area contributed by atoms with Crippen molar-refractivity contribution in [3.8, 4) is 0 Å². The van der Waals surface area contributed by atoms with Crippen molar-refractivity contribution in [2.75, 3.05) is 26.4 Å². The molecular formula is C17H20N2O6. The fraction of sp³-hybridized carbons (Fsp3) is 0.471. The van der Waals surface area contributed by atoms with Crippen LogP contribution in [0.15, 0.2) is 30.3 Å². The van der Waals surface area contributed by atoms with Crippen LogP contribution in [0.1, 0.15) is 18.0 Å². The number of aliphatic carboxylic acids is 1. The second-order valence-electron chi connectivity index (χ2n) is 5.97. The molecule has 3 atom stereocenters. The lowest BCUT2D eigenvalue weighted by Gasteiger charge is -2.26. The maximum atomic E-state index is 12.6. The van der Waals surface area contributed by atoms with E-state index < -0.39 is 36.0 Å². The van der Waals surface area contributed by atoms with Gasteiger partial charge in [-0.05, 0) is 12.0 Å². The van der Waals surface area contributed by atoms with Gasteiger partial charge in [-0.1, -0.05) is 30.3 Å². The van der Waals surface area contributed by atoms with Crippen molar-refractivity contribution < 1.29 is 29.0 Å². The summed E-state index contributed by atoms with van der Waals surface area (Å²) in [4.78, 5) is 37.8. The topological polar surface area (TPSA) is 105 Å². The van der Waals surface area contributed by atoms with Gasteiger partial charge in [-0.2, -0.15) is 0 Å². The van der Waals surface area contributed by atoms with Crippen LogP contribution in [-0.2, 0) is 23.9 Å². The minimum atomic E-state index is -1.10. The Morgan fingerprint density at radius 2 is 2.00 bits per heavy atom. The van der Waals surface area contributed by atoms with Crippen molar-refractivity contribution in [1.82, 2.24) is 10.2 Å². The minimum absolute atomic E-state index is 0.151. The zero-order valence-electron chi connectivity index (χ0n) is 13.6. The summed E-state index contributed by atoms with van der Waals surface area (Å²) in [5, 5.41) is 12.2. The van der Waals surface area contributed by atoms with Gasteiger partial charge in [0.15, 0.2) is 12.1 Å². The lowest BCUT2D eigenvalue weighted by atomic mass is 10.1. The molecule has 2 saturated heterocycles. The molecule has 1 aromatic carbocycles. The standard InChI is InChI=1S/C17H20N2O6/c20-15(13-10-24-8-9-25-13)18-12-6-7-19(16(12)21)14(17(22)23)11-4-2-1-3-5-11/h1-5,12-14H,6-10H2,(H,18,20)(H,22,23). The number of hydrogen-bond acceptors (Lipinski definition) is 5. The maximum absolute atomic E-state index is 12.6. The average molecular weight is 348 g/mol. The van der Waals surface area contributed by atoms with Crippen LogP contribution >= 0.6 is 0 Å². The van der Waals surface area contributed by atoms with E-state index in [2.05, 4.69) is 5.32 Å². The van der Waals surface area contributed by atoms with E-state index in [1.54, 1.807) is 30.3 Å². The van der Waals surface area contributed by atoms with Gasteiger partial charge in [0.2, 0.25) is 5.91 Å². The summed E-state index contributed by atoms with van der Waals surface area (Å²) in [5.74, 6) is -1.91. The molecule has 2 aliphatic heterocycles. The van der Waals surface area contributed by atoms with E-state index in [0.717, 1.165) is 0 Å². The number of hydrogen-bond donors (Lipinski definition) is 2. The van der Waals surface area contributed by atoms with E-state index in [1.165, 1.54) is 4.90 Å². The Balaban J connectivity index is 1.68. The quantitative estimate of drug-likeness (QED) is 0.773. The number of likely N-dealkylation sites (tertiary alicyclic amines) is 1. The molecule has 8 heteroatoms. The Morgan fingerprint density at radius 1 is 1.24 bits per heavy atom. The molecule has 0 radical (unpaired) electrons. The van der Waals surface area contributed by atoms with E-state index in [0.29, 0.717) is 25.2 Å². The molecule has 1 aromatic rings. The first-order chi connectivity index (χ1) is 12.1. The van der Waals surface area contributed by atoms with Crippen molar-refractivity contribution >= 4 is 17.8 Å². The van der Waals surface area contributed by atoms with Crippen LogP contribution in [0.2, 0.25) is 0 Å². The number of nitrogens with zero attached hydrogens (tertiary/aromatic N) is 1. The summed E-state index contributed by atoms with van der Waals surface area (Å²) >= 11 is 0. The summed E-state index contributed by atoms with van der Waals surface area (Å²) in [6.07, 6.45) is -0.380. The SMILES string of the molecule is O=C(NC1CCN(C(C(=O)O)c2ccccc2)C1=O)C1COCCO1. The van der Waals surface area contributed by atoms with Gasteiger partial charge in [0, 0.05) is 6.54 Å². The number of carbonyl (C=O) groups is 3. The van der Waals surface area contributed by atoms with Crippen molar-refractivity contribution in [3.05, 3.63) is 35.9 Å². The summed E-state index contributed by atoms with van der Waals surface area (Å²) in [5.41, 5.74) is 0.527. The Kier molecular flexibility index (Phi) is 5.30. The van der Waals surface area contributed by atoms with Crippen LogP contribution in [0.5, 0.6) is 0 Å². The third-order valence-corrected chi connectivity index (χ3v) is 4.33. The highest BCUT2D eigenvalue weighted by Gasteiger charge is 2.41. The molecule has 25 heavy (non-hydrogen) atoms. The number of ether oxygens (including phenoxy) is 2. The fourth-order valence-electron chi connectivity index (χ4n) is 3.09. The third kappa shape index (κ3) is 3.80. The smallest absolute Gasteiger partial charge is 0.331 e. The predicted molar refractivity (Wildman–Crippen MR) is 85.6 cm³/mol. The largest absolute Gasteiger partial charge is 0.479 e. The van der Waals surface area contributed by atoms with Gasteiger partial charge in [0.25, 0.3) is 5.91 Å². The molecule has 8 nitrogen and oxygen atoms in total. The first-order valence-corrected chi connectivity index (χ1v) is 8.16. The zero-order chi connectivity index (χ0) is 17.8. The predicted octanol–water partition coefficient (Wildman–Crippen LogP) is -0.0552. The van der Waals surface area contributed by atoms with Crippen molar-refractivity contribution in [1.29, 1.82) is 0 Å². The van der Waals surface area contributed by atoms with Crippen LogP contribution in [-0.4, -0.2) is 66.3 Å². The van der Waals surface area contributed by atoms with Gasteiger partial charge in [0.1, 0.15) is 6.04 Å². The van der Waals surface area contributed by atoms with Gasteiger partial charge in [-0.15, -0.1) is 0 Å². The molecular weight excluding hydrogens is 328 g/mol. The first kappa shape index (κ1) is 17.4. The molecule has 3 rings (SSSR count). The first-order valence-electron chi connectivity index (χ1n) is 8.16. The van der Waals surface area contributed by atoms with Crippen molar-refractivity contribution in [2.24, 2.45) is 0 Å². The maximum Gasteiger partial charge on any atom is 0.331 e. The highest BCUT2D eigenvalue weighted by Crippen LogP contribution is 2.26. The molecule has 134 valence electrons. The molecule has 0 spiro atoms. The monoisotopic (exact) mass is 348 g/mol. The molecule has 2 fully saturated rings. The average Bonchev–Trinajstić information content (AvgIpc) is 2.97. The van der Waals surface area contributed by atoms with Gasteiger partial charge < -0.3 is 24.8 Å². The molecule has 2 aliphatic rings. The molecule has 0 aromatic heterocycles. The molecule has 3 unspecified atom stereocenters. The van der Waals surface area contributed by atoms with Crippen molar-refractivity contribution in [2.45, 2.75) is 24.6 Å². The van der Waals surface area contributed by atoms with Crippen LogP contribution in [0.25, 0.3) is 0 Å². The van der Waals surface area contributed by atoms with Crippen LogP contribution < -0.4 is 5.32 Å². The number of carboxylic acids is 1. The number of nitrogens with one attached hydrogen (secondary N) is 1. The van der Waals surface area contributed by atoms with E-state index in [9.17, 15) is 19.5 Å². The second-order valence-corrected chi connectivity index (χ2v) is 5.97. The van der Waals surface area contributed by atoms with E-state index in [4.69, 9.17) is 9.47 Å². The number of carbonyl (C=O) groups excluding carboxylic acids is 2. The fourth-order valence-corrected chi connectivity index (χ4v) is 3.09. The summed E-state index contributed by atoms with van der Waals surface area (Å²) in [6.45, 7) is 1.19. The van der Waals surface area contributed by atoms with Gasteiger partial charge in [-0.25, -0.2) is 4.79 Å². The summed E-state index contributed by atoms with van der Waals surface area (Å²) in [6, 6.07) is 6.77. The second kappa shape index (κ2) is 7.62. The van der Waals surface area contributed by atoms with E-state index in [-0.39, 0.29) is 13.2 Å².